The van der Waals surface area contributed by atoms with Crippen LogP contribution in [0, 0.1) is 6.92 Å². The van der Waals surface area contributed by atoms with Gasteiger partial charge >= 0.3 is 0 Å². The van der Waals surface area contributed by atoms with Gasteiger partial charge in [-0.2, -0.15) is 0 Å². The Morgan fingerprint density at radius 3 is 2.29 bits per heavy atom. The maximum absolute atomic E-state index is 12.1. The monoisotopic (exact) mass is 271 g/mol. The molecule has 3 nitrogen and oxygen atoms in total. The summed E-state index contributed by atoms with van der Waals surface area (Å²) in [4.78, 5) is 0.448. The molecule has 1 aromatic carbocycles. The van der Waals surface area contributed by atoms with Crippen molar-refractivity contribution in [2.75, 3.05) is 6.54 Å². The van der Waals surface area contributed by atoms with Crippen LogP contribution >= 0.6 is 0 Å². The van der Waals surface area contributed by atoms with Gasteiger partial charge in [-0.05, 0) is 18.2 Å². The van der Waals surface area contributed by atoms with Gasteiger partial charge in [0.2, 0.25) is 10.0 Å². The first kappa shape index (κ1) is 14.4. The van der Waals surface area contributed by atoms with Crippen molar-refractivity contribution in [3.8, 4) is 0 Å². The SMILES string of the molecule is CCNS(=O)(=O)c1ccc(C)cc1[Si](C)(C)C. The predicted molar refractivity (Wildman–Crippen MR) is 75.0 cm³/mol. The summed E-state index contributed by atoms with van der Waals surface area (Å²) >= 11 is 0. The van der Waals surface area contributed by atoms with Gasteiger partial charge in [-0.3, -0.25) is 0 Å². The van der Waals surface area contributed by atoms with E-state index in [1.54, 1.807) is 13.0 Å². The molecule has 0 radical (unpaired) electrons. The van der Waals surface area contributed by atoms with Crippen LogP contribution in [0.15, 0.2) is 23.1 Å². The van der Waals surface area contributed by atoms with Crippen LogP contribution in [0.25, 0.3) is 0 Å². The number of benzene rings is 1. The fourth-order valence-electron chi connectivity index (χ4n) is 1.73. The summed E-state index contributed by atoms with van der Waals surface area (Å²) in [5.41, 5.74) is 1.11. The van der Waals surface area contributed by atoms with Gasteiger partial charge in [0.15, 0.2) is 0 Å². The molecule has 1 aromatic rings. The largest absolute Gasteiger partial charge is 0.240 e. The summed E-state index contributed by atoms with van der Waals surface area (Å²) in [5.74, 6) is 0. The smallest absolute Gasteiger partial charge is 0.211 e. The zero-order chi connectivity index (χ0) is 13.3. The second kappa shape index (κ2) is 4.92. The molecule has 1 rings (SSSR count). The third kappa shape index (κ3) is 3.40. The summed E-state index contributed by atoms with van der Waals surface area (Å²) < 4.78 is 26.8. The first-order valence-electron chi connectivity index (χ1n) is 5.79. The van der Waals surface area contributed by atoms with E-state index >= 15 is 0 Å². The fourth-order valence-corrected chi connectivity index (χ4v) is 5.67. The number of sulfonamides is 1. The van der Waals surface area contributed by atoms with Crippen molar-refractivity contribution in [3.63, 3.8) is 0 Å². The Morgan fingerprint density at radius 2 is 1.82 bits per heavy atom. The molecule has 0 amide bonds. The first-order chi connectivity index (χ1) is 7.68. The van der Waals surface area contributed by atoms with E-state index in [4.69, 9.17) is 0 Å². The minimum atomic E-state index is -3.36. The zero-order valence-corrected chi connectivity index (χ0v) is 13.0. The number of aryl methyl sites for hydroxylation is 1. The number of rotatable bonds is 4. The molecule has 0 saturated carbocycles. The molecular weight excluding hydrogens is 250 g/mol. The predicted octanol–water partition coefficient (Wildman–Crippen LogP) is 1.84. The fraction of sp³-hybridized carbons (Fsp3) is 0.500. The summed E-state index contributed by atoms with van der Waals surface area (Å²) in [6.07, 6.45) is 0. The highest BCUT2D eigenvalue weighted by molar-refractivity contribution is 7.89. The Balaban J connectivity index is 3.45. The molecule has 0 atom stereocenters. The van der Waals surface area contributed by atoms with Crippen LogP contribution in [0.3, 0.4) is 0 Å². The average Bonchev–Trinajstić information content (AvgIpc) is 2.15. The van der Waals surface area contributed by atoms with Crippen molar-refractivity contribution in [3.05, 3.63) is 23.8 Å². The Hall–Kier alpha value is -0.653. The average molecular weight is 271 g/mol. The lowest BCUT2D eigenvalue weighted by molar-refractivity contribution is 0.584. The van der Waals surface area contributed by atoms with Crippen molar-refractivity contribution in [1.82, 2.24) is 4.72 Å². The van der Waals surface area contributed by atoms with Gasteiger partial charge in [-0.15, -0.1) is 0 Å². The molecule has 0 aliphatic rings. The van der Waals surface area contributed by atoms with Crippen LogP contribution in [0.1, 0.15) is 12.5 Å². The number of hydrogen-bond donors (Lipinski definition) is 1. The minimum absolute atomic E-state index is 0.418. The highest BCUT2D eigenvalue weighted by Gasteiger charge is 2.26. The van der Waals surface area contributed by atoms with Crippen molar-refractivity contribution in [1.29, 1.82) is 0 Å². The Morgan fingerprint density at radius 1 is 1.24 bits per heavy atom. The van der Waals surface area contributed by atoms with Crippen molar-refractivity contribution < 1.29 is 8.42 Å². The second-order valence-corrected chi connectivity index (χ2v) is 12.0. The number of hydrogen-bond acceptors (Lipinski definition) is 2. The molecule has 0 aromatic heterocycles. The lowest BCUT2D eigenvalue weighted by Crippen LogP contribution is -2.43. The van der Waals surface area contributed by atoms with E-state index in [0.717, 1.165) is 10.8 Å². The molecule has 0 fully saturated rings. The van der Waals surface area contributed by atoms with Crippen LogP contribution in [0.2, 0.25) is 19.6 Å². The molecule has 0 heterocycles. The lowest BCUT2D eigenvalue weighted by atomic mass is 10.2. The molecule has 0 spiro atoms. The summed E-state index contributed by atoms with van der Waals surface area (Å²) in [7, 11) is -5.02. The first-order valence-corrected chi connectivity index (χ1v) is 10.8. The highest BCUT2D eigenvalue weighted by atomic mass is 32.2. The van der Waals surface area contributed by atoms with Crippen LogP contribution in [-0.4, -0.2) is 23.0 Å². The molecule has 0 aliphatic heterocycles. The topological polar surface area (TPSA) is 46.2 Å². The van der Waals surface area contributed by atoms with E-state index in [2.05, 4.69) is 24.4 Å². The Bertz CT molecular complexity index is 504. The van der Waals surface area contributed by atoms with Crippen molar-refractivity contribution in [2.45, 2.75) is 38.4 Å². The van der Waals surface area contributed by atoms with E-state index in [9.17, 15) is 8.42 Å². The van der Waals surface area contributed by atoms with Gasteiger partial charge in [0.05, 0.1) is 13.0 Å². The summed E-state index contributed by atoms with van der Waals surface area (Å²) in [5, 5.41) is 0.999. The lowest BCUT2D eigenvalue weighted by Gasteiger charge is -2.21. The molecule has 0 bridgehead atoms. The normalized spacial score (nSPS) is 12.8. The molecule has 1 N–H and O–H groups in total. The van der Waals surface area contributed by atoms with Gasteiger partial charge < -0.3 is 0 Å². The van der Waals surface area contributed by atoms with Crippen molar-refractivity contribution >= 4 is 23.3 Å². The van der Waals surface area contributed by atoms with Gasteiger partial charge in [0, 0.05) is 6.54 Å². The summed E-state index contributed by atoms with van der Waals surface area (Å²) in [6.45, 7) is 10.7. The number of nitrogens with one attached hydrogen (secondary N) is 1. The van der Waals surface area contributed by atoms with Crippen molar-refractivity contribution in [2.24, 2.45) is 0 Å². The molecule has 0 aliphatic carbocycles. The van der Waals surface area contributed by atoms with Crippen LogP contribution in [0.5, 0.6) is 0 Å². The van der Waals surface area contributed by atoms with Gasteiger partial charge in [0.25, 0.3) is 0 Å². The van der Waals surface area contributed by atoms with E-state index in [1.807, 2.05) is 19.1 Å². The van der Waals surface area contributed by atoms with Crippen LogP contribution in [-0.2, 0) is 10.0 Å². The minimum Gasteiger partial charge on any atom is -0.211 e. The molecule has 0 saturated heterocycles. The van der Waals surface area contributed by atoms with E-state index in [-0.39, 0.29) is 0 Å². The molecule has 17 heavy (non-hydrogen) atoms. The molecule has 0 unspecified atom stereocenters. The molecule has 5 heteroatoms. The maximum Gasteiger partial charge on any atom is 0.240 e. The standard InChI is InChI=1S/C12H21NO2SSi/c1-6-13-16(14,15)11-8-7-10(2)9-12(11)17(3,4)5/h7-9,13H,6H2,1-5H3. The van der Waals surface area contributed by atoms with E-state index < -0.39 is 18.1 Å². The zero-order valence-electron chi connectivity index (χ0n) is 11.2. The van der Waals surface area contributed by atoms with Gasteiger partial charge in [0.1, 0.15) is 0 Å². The highest BCUT2D eigenvalue weighted by Crippen LogP contribution is 2.14. The quantitative estimate of drug-likeness (QED) is 0.849. The van der Waals surface area contributed by atoms with Gasteiger partial charge in [-0.25, -0.2) is 13.1 Å². The molecular formula is C12H21NO2SSi. The molecule has 96 valence electrons. The maximum atomic E-state index is 12.1. The third-order valence-corrected chi connectivity index (χ3v) is 6.38. The van der Waals surface area contributed by atoms with E-state index in [1.165, 1.54) is 0 Å². The Kier molecular flexibility index (Phi) is 4.17. The Labute approximate surface area is 105 Å². The van der Waals surface area contributed by atoms with Gasteiger partial charge in [-0.1, -0.05) is 44.3 Å². The van der Waals surface area contributed by atoms with E-state index in [0.29, 0.717) is 11.4 Å². The second-order valence-electron chi connectivity index (χ2n) is 5.25. The summed E-state index contributed by atoms with van der Waals surface area (Å²) in [6, 6.07) is 5.59. The van der Waals surface area contributed by atoms with Crippen LogP contribution in [0.4, 0.5) is 0 Å². The van der Waals surface area contributed by atoms with Crippen LogP contribution < -0.4 is 9.91 Å². The third-order valence-electron chi connectivity index (χ3n) is 2.57.